The Balaban J connectivity index is 2.61. The summed E-state index contributed by atoms with van der Waals surface area (Å²) < 4.78 is 10.5. The lowest BCUT2D eigenvalue weighted by molar-refractivity contribution is -0.139. The summed E-state index contributed by atoms with van der Waals surface area (Å²) >= 11 is 0. The molecule has 0 aliphatic heterocycles. The van der Waals surface area contributed by atoms with Gasteiger partial charge in [0.05, 0.1) is 37.6 Å². The van der Waals surface area contributed by atoms with Gasteiger partial charge in [0.2, 0.25) is 0 Å². The predicted molar refractivity (Wildman–Crippen MR) is 73.1 cm³/mol. The van der Waals surface area contributed by atoms with E-state index in [9.17, 15) is 9.59 Å². The molecular formula is C14H12N4O4. The first kappa shape index (κ1) is 15.2. The minimum atomic E-state index is -0.723. The highest BCUT2D eigenvalue weighted by Gasteiger charge is 2.24. The number of esters is 2. The van der Waals surface area contributed by atoms with Crippen LogP contribution in [0.15, 0.2) is 24.3 Å². The first-order valence-electron chi connectivity index (χ1n) is 6.21. The highest BCUT2D eigenvalue weighted by molar-refractivity contribution is 5.90. The molecule has 0 aliphatic carbocycles. The van der Waals surface area contributed by atoms with Crippen molar-refractivity contribution in [2.24, 2.45) is 0 Å². The van der Waals surface area contributed by atoms with Crippen molar-refractivity contribution in [2.45, 2.75) is 6.42 Å². The molecule has 112 valence electrons. The molecular weight excluding hydrogens is 288 g/mol. The zero-order chi connectivity index (χ0) is 16.1. The molecule has 0 atom stereocenters. The Morgan fingerprint density at radius 3 is 2.64 bits per heavy atom. The van der Waals surface area contributed by atoms with Crippen LogP contribution in [0.25, 0.3) is 5.69 Å². The van der Waals surface area contributed by atoms with E-state index < -0.39 is 11.9 Å². The van der Waals surface area contributed by atoms with Crippen molar-refractivity contribution in [3.05, 3.63) is 41.2 Å². The first-order valence-corrected chi connectivity index (χ1v) is 6.21. The number of methoxy groups -OCH3 is 2. The second-order valence-electron chi connectivity index (χ2n) is 4.17. The quantitative estimate of drug-likeness (QED) is 0.762. The van der Waals surface area contributed by atoms with Crippen LogP contribution in [0.1, 0.15) is 21.7 Å². The third-order valence-electron chi connectivity index (χ3n) is 2.93. The van der Waals surface area contributed by atoms with Crippen LogP contribution >= 0.6 is 0 Å². The van der Waals surface area contributed by atoms with Crippen LogP contribution < -0.4 is 0 Å². The van der Waals surface area contributed by atoms with Gasteiger partial charge in [-0.3, -0.25) is 4.79 Å². The average molecular weight is 300 g/mol. The third-order valence-corrected chi connectivity index (χ3v) is 2.93. The monoisotopic (exact) mass is 300 g/mol. The SMILES string of the molecule is COC(=O)Cc1c(C(=O)OC)nnn1-c1ccccc1C#N. The number of benzene rings is 1. The average Bonchev–Trinajstić information content (AvgIpc) is 2.97. The van der Waals surface area contributed by atoms with Crippen molar-refractivity contribution < 1.29 is 19.1 Å². The van der Waals surface area contributed by atoms with Crippen molar-refractivity contribution in [1.29, 1.82) is 5.26 Å². The highest BCUT2D eigenvalue weighted by Crippen LogP contribution is 2.18. The van der Waals surface area contributed by atoms with Gasteiger partial charge in [-0.25, -0.2) is 9.48 Å². The molecule has 8 nitrogen and oxygen atoms in total. The van der Waals surface area contributed by atoms with E-state index in [0.717, 1.165) is 0 Å². The van der Waals surface area contributed by atoms with Crippen LogP contribution in [-0.2, 0) is 20.7 Å². The van der Waals surface area contributed by atoms with Gasteiger partial charge in [0.1, 0.15) is 6.07 Å². The molecule has 22 heavy (non-hydrogen) atoms. The summed E-state index contributed by atoms with van der Waals surface area (Å²) in [5.74, 6) is -1.29. The zero-order valence-corrected chi connectivity index (χ0v) is 11.9. The fourth-order valence-corrected chi connectivity index (χ4v) is 1.87. The summed E-state index contributed by atoms with van der Waals surface area (Å²) in [5, 5.41) is 16.8. The minimum absolute atomic E-state index is 0.0966. The molecule has 1 aromatic carbocycles. The molecule has 8 heteroatoms. The maximum absolute atomic E-state index is 11.7. The number of rotatable bonds is 4. The lowest BCUT2D eigenvalue weighted by atomic mass is 10.1. The Morgan fingerprint density at radius 2 is 2.00 bits per heavy atom. The largest absolute Gasteiger partial charge is 0.469 e. The van der Waals surface area contributed by atoms with Crippen LogP contribution in [0.4, 0.5) is 0 Å². The topological polar surface area (TPSA) is 107 Å². The summed E-state index contributed by atoms with van der Waals surface area (Å²) in [6, 6.07) is 8.65. The lowest BCUT2D eigenvalue weighted by Crippen LogP contribution is -2.15. The van der Waals surface area contributed by atoms with E-state index in [4.69, 9.17) is 5.26 Å². The zero-order valence-electron chi connectivity index (χ0n) is 11.9. The Hall–Kier alpha value is -3.21. The molecule has 0 bridgehead atoms. The molecule has 0 aliphatic rings. The number of hydrogen-bond acceptors (Lipinski definition) is 7. The number of hydrogen-bond donors (Lipinski definition) is 0. The van der Waals surface area contributed by atoms with E-state index in [-0.39, 0.29) is 17.8 Å². The smallest absolute Gasteiger partial charge is 0.360 e. The van der Waals surface area contributed by atoms with Gasteiger partial charge >= 0.3 is 11.9 Å². The van der Waals surface area contributed by atoms with E-state index in [1.54, 1.807) is 24.3 Å². The molecule has 0 amide bonds. The molecule has 0 radical (unpaired) electrons. The number of nitrogens with zero attached hydrogens (tertiary/aromatic N) is 4. The van der Waals surface area contributed by atoms with E-state index in [1.807, 2.05) is 6.07 Å². The molecule has 0 N–H and O–H groups in total. The summed E-state index contributed by atoms with van der Waals surface area (Å²) in [4.78, 5) is 23.3. The van der Waals surface area contributed by atoms with Crippen LogP contribution in [0, 0.1) is 11.3 Å². The number of nitriles is 1. The molecule has 1 aromatic heterocycles. The second-order valence-corrected chi connectivity index (χ2v) is 4.17. The Labute approximate surface area is 125 Å². The Kier molecular flexibility index (Phi) is 4.48. The van der Waals surface area contributed by atoms with E-state index in [1.165, 1.54) is 18.9 Å². The molecule has 0 saturated carbocycles. The summed E-state index contributed by atoms with van der Waals surface area (Å²) in [7, 11) is 2.43. The summed E-state index contributed by atoms with van der Waals surface area (Å²) in [6.07, 6.45) is -0.228. The number of ether oxygens (including phenoxy) is 2. The number of carbonyl (C=O) groups excluding carboxylic acids is 2. The van der Waals surface area contributed by atoms with Crippen molar-refractivity contribution in [3.63, 3.8) is 0 Å². The van der Waals surface area contributed by atoms with Gasteiger partial charge in [0.25, 0.3) is 0 Å². The van der Waals surface area contributed by atoms with E-state index >= 15 is 0 Å². The molecule has 2 aromatic rings. The van der Waals surface area contributed by atoms with Gasteiger partial charge in [-0.2, -0.15) is 5.26 Å². The summed E-state index contributed by atoms with van der Waals surface area (Å²) in [6.45, 7) is 0. The van der Waals surface area contributed by atoms with Gasteiger partial charge in [-0.15, -0.1) is 5.10 Å². The van der Waals surface area contributed by atoms with Crippen molar-refractivity contribution in [1.82, 2.24) is 15.0 Å². The van der Waals surface area contributed by atoms with Gasteiger partial charge < -0.3 is 9.47 Å². The molecule has 2 rings (SSSR count). The fraction of sp³-hybridized carbons (Fsp3) is 0.214. The van der Waals surface area contributed by atoms with Gasteiger partial charge in [0.15, 0.2) is 5.69 Å². The van der Waals surface area contributed by atoms with E-state index in [0.29, 0.717) is 11.3 Å². The summed E-state index contributed by atoms with van der Waals surface area (Å²) in [5.41, 5.74) is 0.837. The van der Waals surface area contributed by atoms with Gasteiger partial charge in [0, 0.05) is 0 Å². The molecule has 0 spiro atoms. The Morgan fingerprint density at radius 1 is 1.27 bits per heavy atom. The molecule has 0 saturated heterocycles. The highest BCUT2D eigenvalue weighted by atomic mass is 16.5. The van der Waals surface area contributed by atoms with Crippen molar-refractivity contribution in [2.75, 3.05) is 14.2 Å². The van der Waals surface area contributed by atoms with Crippen molar-refractivity contribution >= 4 is 11.9 Å². The lowest BCUT2D eigenvalue weighted by Gasteiger charge is -2.08. The second kappa shape index (κ2) is 6.49. The van der Waals surface area contributed by atoms with Crippen LogP contribution in [0.2, 0.25) is 0 Å². The van der Waals surface area contributed by atoms with Crippen LogP contribution in [0.3, 0.4) is 0 Å². The fourth-order valence-electron chi connectivity index (χ4n) is 1.87. The predicted octanol–water partition coefficient (Wildman–Crippen LogP) is 0.641. The maximum atomic E-state index is 11.7. The number of aromatic nitrogens is 3. The molecule has 0 unspecified atom stereocenters. The normalized spacial score (nSPS) is 9.86. The first-order chi connectivity index (χ1) is 10.6. The number of para-hydroxylation sites is 1. The standard InChI is InChI=1S/C14H12N4O4/c1-21-12(19)7-11-13(14(20)22-2)16-17-18(11)10-6-4-3-5-9(10)8-15/h3-6H,7H2,1-2H3. The third kappa shape index (κ3) is 2.78. The Bertz CT molecular complexity index is 760. The van der Waals surface area contributed by atoms with Gasteiger partial charge in [-0.1, -0.05) is 17.3 Å². The maximum Gasteiger partial charge on any atom is 0.360 e. The molecule has 0 fully saturated rings. The van der Waals surface area contributed by atoms with Crippen LogP contribution in [-0.4, -0.2) is 41.2 Å². The minimum Gasteiger partial charge on any atom is -0.469 e. The van der Waals surface area contributed by atoms with E-state index in [2.05, 4.69) is 19.8 Å². The van der Waals surface area contributed by atoms with Crippen LogP contribution in [0.5, 0.6) is 0 Å². The number of carbonyl (C=O) groups is 2. The van der Waals surface area contributed by atoms with Crippen molar-refractivity contribution in [3.8, 4) is 11.8 Å². The van der Waals surface area contributed by atoms with Gasteiger partial charge in [-0.05, 0) is 12.1 Å². The molecule has 1 heterocycles.